The Hall–Kier alpha value is -2.94. The molecule has 2 nitrogen and oxygen atoms in total. The number of hydrogen-bond donors (Lipinski definition) is 0. The van der Waals surface area contributed by atoms with Gasteiger partial charge < -0.3 is 0 Å². The Labute approximate surface area is 297 Å². The second kappa shape index (κ2) is 15.5. The third kappa shape index (κ3) is 7.87. The summed E-state index contributed by atoms with van der Waals surface area (Å²) < 4.78 is 2.34. The number of aromatic nitrogens is 2. The maximum absolute atomic E-state index is 5.15. The van der Waals surface area contributed by atoms with Crippen molar-refractivity contribution < 1.29 is 0 Å². The van der Waals surface area contributed by atoms with Crippen LogP contribution in [0.15, 0.2) is 72.8 Å². The first-order chi connectivity index (χ1) is 23.2. The van der Waals surface area contributed by atoms with Crippen LogP contribution in [0.4, 0.5) is 0 Å². The highest BCUT2D eigenvalue weighted by atomic mass is 32.1. The maximum atomic E-state index is 5.15. The molecule has 0 saturated heterocycles. The second-order valence-corrected chi connectivity index (χ2v) is 17.7. The summed E-state index contributed by atoms with van der Waals surface area (Å²) in [6.07, 6.45) is 17.5. The molecule has 0 atom stereocenters. The molecule has 0 saturated carbocycles. The normalized spacial score (nSPS) is 12.7. The summed E-state index contributed by atoms with van der Waals surface area (Å²) in [4.78, 5) is 21.2. The summed E-state index contributed by atoms with van der Waals surface area (Å²) in [5.74, 6) is 0. The van der Waals surface area contributed by atoms with Crippen LogP contribution >= 0.6 is 56.7 Å². The predicted octanol–water partition coefficient (Wildman–Crippen LogP) is 12.3. The average Bonchev–Trinajstić information content (AvgIpc) is 3.93. The van der Waals surface area contributed by atoms with Crippen LogP contribution < -0.4 is 9.06 Å². The summed E-state index contributed by atoms with van der Waals surface area (Å²) in [5, 5.41) is 0. The molecule has 6 heterocycles. The van der Waals surface area contributed by atoms with E-state index in [1.54, 1.807) is 11.3 Å². The van der Waals surface area contributed by atoms with Gasteiger partial charge in [0.15, 0.2) is 0 Å². The second-order valence-electron chi connectivity index (χ2n) is 12.1. The van der Waals surface area contributed by atoms with Crippen molar-refractivity contribution in [3.63, 3.8) is 0 Å². The lowest BCUT2D eigenvalue weighted by molar-refractivity contribution is 0.670. The molecule has 240 valence electrons. The van der Waals surface area contributed by atoms with Crippen LogP contribution in [0, 0.1) is 0 Å². The quantitative estimate of drug-likeness (QED) is 0.105. The predicted molar refractivity (Wildman–Crippen MR) is 212 cm³/mol. The van der Waals surface area contributed by atoms with Crippen molar-refractivity contribution in [1.29, 1.82) is 0 Å². The highest BCUT2D eigenvalue weighted by Crippen LogP contribution is 2.36. The largest absolute Gasteiger partial charge is 0.243 e. The van der Waals surface area contributed by atoms with Gasteiger partial charge in [-0.3, -0.25) is 0 Å². The highest BCUT2D eigenvalue weighted by molar-refractivity contribution is 7.23. The zero-order valence-corrected chi connectivity index (χ0v) is 31.2. The molecule has 7 rings (SSSR count). The van der Waals surface area contributed by atoms with Crippen LogP contribution in [-0.4, -0.2) is 9.97 Å². The fraction of sp³-hybridized carbons (Fsp3) is 0.300. The third-order valence-corrected chi connectivity index (χ3v) is 14.2. The van der Waals surface area contributed by atoms with Crippen molar-refractivity contribution in [2.75, 3.05) is 0 Å². The number of hydrogen-bond acceptors (Lipinski definition) is 7. The molecule has 47 heavy (non-hydrogen) atoms. The summed E-state index contributed by atoms with van der Waals surface area (Å²) in [7, 11) is 0. The lowest BCUT2D eigenvalue weighted by Gasteiger charge is -1.97. The van der Waals surface area contributed by atoms with E-state index in [1.807, 2.05) is 57.5 Å². The van der Waals surface area contributed by atoms with Crippen molar-refractivity contribution in [1.82, 2.24) is 9.97 Å². The number of benzene rings is 1. The first-order valence-electron chi connectivity index (χ1n) is 16.9. The number of nitrogens with zero attached hydrogens (tertiary/aromatic N) is 2. The van der Waals surface area contributed by atoms with Crippen molar-refractivity contribution in [2.45, 2.75) is 78.1 Å². The van der Waals surface area contributed by atoms with E-state index in [0.29, 0.717) is 0 Å². The van der Waals surface area contributed by atoms with Gasteiger partial charge in [0.05, 0.1) is 20.1 Å². The summed E-state index contributed by atoms with van der Waals surface area (Å²) in [5.41, 5.74) is 3.86. The smallest absolute Gasteiger partial charge is 0.108 e. The van der Waals surface area contributed by atoms with E-state index in [1.165, 1.54) is 112 Å². The molecule has 0 unspecified atom stereocenters. The zero-order chi connectivity index (χ0) is 32.0. The van der Waals surface area contributed by atoms with Gasteiger partial charge >= 0.3 is 0 Å². The van der Waals surface area contributed by atoms with E-state index in [0.717, 1.165) is 22.1 Å². The van der Waals surface area contributed by atoms with Crippen molar-refractivity contribution in [3.8, 4) is 19.5 Å². The van der Waals surface area contributed by atoms with Gasteiger partial charge in [-0.1, -0.05) is 64.5 Å². The van der Waals surface area contributed by atoms with E-state index < -0.39 is 0 Å². The van der Waals surface area contributed by atoms with Crippen LogP contribution in [0.2, 0.25) is 0 Å². The van der Waals surface area contributed by atoms with Gasteiger partial charge in [0.2, 0.25) is 0 Å². The Morgan fingerprint density at radius 3 is 1.38 bits per heavy atom. The Bertz CT molecular complexity index is 2050. The Morgan fingerprint density at radius 1 is 0.468 bits per heavy atom. The molecule has 0 N–H and O–H groups in total. The molecule has 7 heteroatoms. The minimum absolute atomic E-state index is 0.942. The molecular weight excluding hydrogens is 669 g/mol. The number of para-hydroxylation sites is 2. The first kappa shape index (κ1) is 32.6. The highest BCUT2D eigenvalue weighted by Gasteiger charge is 2.11. The minimum Gasteiger partial charge on any atom is -0.243 e. The van der Waals surface area contributed by atoms with E-state index >= 15 is 0 Å². The molecule has 6 aromatic heterocycles. The fourth-order valence-corrected chi connectivity index (χ4v) is 11.3. The average molecular weight is 709 g/mol. The minimum atomic E-state index is 0.942. The molecule has 0 fully saturated rings. The summed E-state index contributed by atoms with van der Waals surface area (Å²) in [6.45, 7) is 4.55. The number of thiophene rings is 5. The number of aryl methyl sites for hydroxylation is 2. The van der Waals surface area contributed by atoms with Gasteiger partial charge in [-0.25, -0.2) is 9.97 Å². The Morgan fingerprint density at radius 2 is 0.915 bits per heavy atom. The van der Waals surface area contributed by atoms with Crippen LogP contribution in [-0.2, 0) is 12.8 Å². The van der Waals surface area contributed by atoms with Gasteiger partial charge in [-0.05, 0) is 98.5 Å². The number of rotatable bonds is 14. The number of fused-ring (bicyclic) bond motifs is 2. The standard InChI is InChI=1S/C40H40N2S5/c1-3-5-7-9-13-27-17-21-33(43-27)35-23-19-29(45-35)25-37-39-40(42-32-16-12-11-15-31(32)41-39)38(47-37)26-30-20-24-36(46-30)34-22-18-28(44-34)14-10-8-6-4-2/h11-12,15-26H,3-10,13-14H2,1-2H3/b37-25-,38-26+. The zero-order valence-electron chi connectivity index (χ0n) is 27.1. The Kier molecular flexibility index (Phi) is 10.8. The fourth-order valence-electron chi connectivity index (χ4n) is 5.88. The number of unbranched alkanes of at least 4 members (excludes halogenated alkanes) is 6. The van der Waals surface area contributed by atoms with Gasteiger partial charge in [0.1, 0.15) is 11.0 Å². The molecule has 0 amide bonds. The topological polar surface area (TPSA) is 25.8 Å². The molecular formula is C40H40N2S5. The van der Waals surface area contributed by atoms with Crippen molar-refractivity contribution in [2.24, 2.45) is 0 Å². The molecule has 0 aliphatic rings. The van der Waals surface area contributed by atoms with Gasteiger partial charge in [0, 0.05) is 39.0 Å². The molecule has 0 aliphatic carbocycles. The lowest BCUT2D eigenvalue weighted by Crippen LogP contribution is -1.97. The molecule has 0 spiro atoms. The molecule has 1 aromatic carbocycles. The molecule has 0 aliphatic heterocycles. The van der Waals surface area contributed by atoms with E-state index in [2.05, 4.69) is 86.7 Å². The van der Waals surface area contributed by atoms with Gasteiger partial charge in [-0.15, -0.1) is 56.7 Å². The first-order valence-corrected chi connectivity index (χ1v) is 21.0. The van der Waals surface area contributed by atoms with Gasteiger partial charge in [0.25, 0.3) is 0 Å². The maximum Gasteiger partial charge on any atom is 0.108 e. The lowest BCUT2D eigenvalue weighted by atomic mass is 10.1. The van der Waals surface area contributed by atoms with Crippen LogP contribution in [0.1, 0.15) is 84.7 Å². The third-order valence-electron chi connectivity index (χ3n) is 8.42. The van der Waals surface area contributed by atoms with Crippen molar-refractivity contribution in [3.05, 3.63) is 101 Å². The Balaban J connectivity index is 1.19. The molecule has 7 aromatic rings. The molecule has 0 radical (unpaired) electrons. The monoisotopic (exact) mass is 708 g/mol. The van der Waals surface area contributed by atoms with E-state index in [4.69, 9.17) is 9.97 Å². The van der Waals surface area contributed by atoms with E-state index in [-0.39, 0.29) is 0 Å². The van der Waals surface area contributed by atoms with Crippen LogP contribution in [0.25, 0.3) is 53.7 Å². The molecule has 0 bridgehead atoms. The summed E-state index contributed by atoms with van der Waals surface area (Å²) >= 11 is 9.44. The van der Waals surface area contributed by atoms with E-state index in [9.17, 15) is 0 Å². The van der Waals surface area contributed by atoms with Crippen LogP contribution in [0.3, 0.4) is 0 Å². The summed E-state index contributed by atoms with van der Waals surface area (Å²) in [6, 6.07) is 26.6. The van der Waals surface area contributed by atoms with Gasteiger partial charge in [-0.2, -0.15) is 0 Å². The van der Waals surface area contributed by atoms with Crippen molar-refractivity contribution >= 4 is 90.9 Å². The van der Waals surface area contributed by atoms with Crippen LogP contribution in [0.5, 0.6) is 0 Å². The SMILES string of the molecule is CCCCCCc1ccc(-c2ccc(/C=c3\s/c(=C/c4ccc(-c5ccc(CCCCCC)s5)s4)c4nc5ccccc5nc34)s2)s1.